The van der Waals surface area contributed by atoms with E-state index in [1.54, 1.807) is 0 Å². The Kier molecular flexibility index (Phi) is 5.19. The second kappa shape index (κ2) is 6.18. The molecule has 0 radical (unpaired) electrons. The number of thioether (sulfide) groups is 1. The lowest BCUT2D eigenvalue weighted by Crippen LogP contribution is -2.03. The van der Waals surface area contributed by atoms with Gasteiger partial charge in [-0.2, -0.15) is 16.9 Å². The fourth-order valence-corrected chi connectivity index (χ4v) is 2.12. The number of aromatic nitrogens is 2. The number of aliphatic hydroxyl groups excluding tert-OH is 1. The first-order chi connectivity index (χ1) is 7.13. The smallest absolute Gasteiger partial charge is 0.0723 e. The van der Waals surface area contributed by atoms with Gasteiger partial charge in [-0.25, -0.2) is 0 Å². The summed E-state index contributed by atoms with van der Waals surface area (Å²) in [6.45, 7) is 6.66. The van der Waals surface area contributed by atoms with E-state index in [2.05, 4.69) is 31.9 Å². The van der Waals surface area contributed by atoms with Gasteiger partial charge in [-0.15, -0.1) is 0 Å². The molecule has 1 heterocycles. The largest absolute Gasteiger partial charge is 0.396 e. The van der Waals surface area contributed by atoms with Crippen LogP contribution < -0.4 is 0 Å². The van der Waals surface area contributed by atoms with Crippen molar-refractivity contribution in [2.24, 2.45) is 0 Å². The van der Waals surface area contributed by atoms with Gasteiger partial charge in [0.05, 0.1) is 5.69 Å². The molecule has 86 valence electrons. The standard InChI is InChI=1S/C11H20N2OS/c1-9(2)13-6-4-11(12-13)8-15-10(3)5-7-14/h4,6,9-10,14H,5,7-8H2,1-3H3. The first-order valence-electron chi connectivity index (χ1n) is 5.40. The molecule has 0 bridgehead atoms. The summed E-state index contributed by atoms with van der Waals surface area (Å²) >= 11 is 1.84. The van der Waals surface area contributed by atoms with Crippen LogP contribution in [-0.2, 0) is 5.75 Å². The second-order valence-corrected chi connectivity index (χ2v) is 5.44. The van der Waals surface area contributed by atoms with Gasteiger partial charge in [-0.05, 0) is 26.3 Å². The fraction of sp³-hybridized carbons (Fsp3) is 0.727. The predicted molar refractivity (Wildman–Crippen MR) is 65.1 cm³/mol. The Hall–Kier alpha value is -0.480. The Balaban J connectivity index is 2.37. The number of rotatable bonds is 6. The van der Waals surface area contributed by atoms with E-state index in [0.717, 1.165) is 17.9 Å². The molecule has 1 atom stereocenters. The summed E-state index contributed by atoms with van der Waals surface area (Å²) in [6.07, 6.45) is 2.88. The Morgan fingerprint density at radius 1 is 1.47 bits per heavy atom. The summed E-state index contributed by atoms with van der Waals surface area (Å²) in [4.78, 5) is 0. The van der Waals surface area contributed by atoms with Crippen LogP contribution in [0.3, 0.4) is 0 Å². The van der Waals surface area contributed by atoms with Crippen LogP contribution in [0.1, 0.15) is 38.9 Å². The van der Waals surface area contributed by atoms with E-state index in [0.29, 0.717) is 11.3 Å². The third-order valence-corrected chi connectivity index (χ3v) is 3.51. The van der Waals surface area contributed by atoms with E-state index in [-0.39, 0.29) is 6.61 Å². The minimum atomic E-state index is 0.272. The van der Waals surface area contributed by atoms with Crippen LogP contribution in [0.15, 0.2) is 12.3 Å². The lowest BCUT2D eigenvalue weighted by atomic mass is 10.3. The minimum absolute atomic E-state index is 0.272. The second-order valence-electron chi connectivity index (χ2n) is 4.01. The topological polar surface area (TPSA) is 38.0 Å². The minimum Gasteiger partial charge on any atom is -0.396 e. The van der Waals surface area contributed by atoms with E-state index < -0.39 is 0 Å². The van der Waals surface area contributed by atoms with Gasteiger partial charge in [0.25, 0.3) is 0 Å². The van der Waals surface area contributed by atoms with Crippen LogP contribution in [0, 0.1) is 0 Å². The van der Waals surface area contributed by atoms with Gasteiger partial charge in [0.2, 0.25) is 0 Å². The average Bonchev–Trinajstić information content (AvgIpc) is 2.63. The number of nitrogens with zero attached hydrogens (tertiary/aromatic N) is 2. The highest BCUT2D eigenvalue weighted by atomic mass is 32.2. The fourth-order valence-electron chi connectivity index (χ4n) is 1.23. The summed E-state index contributed by atoms with van der Waals surface area (Å²) < 4.78 is 1.98. The first kappa shape index (κ1) is 12.6. The molecule has 15 heavy (non-hydrogen) atoms. The monoisotopic (exact) mass is 228 g/mol. The molecule has 1 unspecified atom stereocenters. The van der Waals surface area contributed by atoms with Crippen LogP contribution in [0.5, 0.6) is 0 Å². The highest BCUT2D eigenvalue weighted by Gasteiger charge is 2.05. The molecule has 0 saturated carbocycles. The van der Waals surface area contributed by atoms with Crippen molar-refractivity contribution in [3.05, 3.63) is 18.0 Å². The molecule has 0 fully saturated rings. The van der Waals surface area contributed by atoms with E-state index in [1.807, 2.05) is 22.6 Å². The zero-order chi connectivity index (χ0) is 11.3. The van der Waals surface area contributed by atoms with Gasteiger partial charge in [-0.3, -0.25) is 4.68 Å². The van der Waals surface area contributed by atoms with Gasteiger partial charge in [-0.1, -0.05) is 6.92 Å². The molecule has 0 aliphatic carbocycles. The molecule has 0 aliphatic rings. The zero-order valence-electron chi connectivity index (χ0n) is 9.68. The van der Waals surface area contributed by atoms with Crippen molar-refractivity contribution in [3.8, 4) is 0 Å². The maximum Gasteiger partial charge on any atom is 0.0723 e. The summed E-state index contributed by atoms with van der Waals surface area (Å²) in [5.74, 6) is 0.931. The molecular weight excluding hydrogens is 208 g/mol. The van der Waals surface area contributed by atoms with Crippen molar-refractivity contribution >= 4 is 11.8 Å². The summed E-state index contributed by atoms with van der Waals surface area (Å²) in [6, 6.07) is 2.50. The maximum absolute atomic E-state index is 8.78. The van der Waals surface area contributed by atoms with Crippen molar-refractivity contribution in [1.82, 2.24) is 9.78 Å². The molecule has 3 nitrogen and oxygen atoms in total. The van der Waals surface area contributed by atoms with Gasteiger partial charge < -0.3 is 5.11 Å². The molecule has 0 spiro atoms. The van der Waals surface area contributed by atoms with E-state index >= 15 is 0 Å². The molecule has 0 aromatic carbocycles. The summed E-state index contributed by atoms with van der Waals surface area (Å²) in [5, 5.41) is 13.8. The van der Waals surface area contributed by atoms with Gasteiger partial charge >= 0.3 is 0 Å². The normalized spacial score (nSPS) is 13.4. The van der Waals surface area contributed by atoms with Crippen LogP contribution in [-0.4, -0.2) is 26.7 Å². The quantitative estimate of drug-likeness (QED) is 0.813. The Morgan fingerprint density at radius 3 is 2.73 bits per heavy atom. The number of hydrogen-bond donors (Lipinski definition) is 1. The van der Waals surface area contributed by atoms with E-state index in [9.17, 15) is 0 Å². The highest BCUT2D eigenvalue weighted by molar-refractivity contribution is 7.99. The predicted octanol–water partition coefficient (Wildman–Crippen LogP) is 2.47. The van der Waals surface area contributed by atoms with Gasteiger partial charge in [0.15, 0.2) is 0 Å². The van der Waals surface area contributed by atoms with Crippen LogP contribution in [0.4, 0.5) is 0 Å². The zero-order valence-corrected chi connectivity index (χ0v) is 10.5. The number of aliphatic hydroxyl groups is 1. The third-order valence-electron chi connectivity index (χ3n) is 2.24. The third kappa shape index (κ3) is 4.26. The number of hydrogen-bond acceptors (Lipinski definition) is 3. The molecule has 1 rings (SSSR count). The first-order valence-corrected chi connectivity index (χ1v) is 6.45. The van der Waals surface area contributed by atoms with E-state index in [4.69, 9.17) is 5.11 Å². The average molecular weight is 228 g/mol. The van der Waals surface area contributed by atoms with Crippen molar-refractivity contribution in [2.75, 3.05) is 6.61 Å². The van der Waals surface area contributed by atoms with Crippen molar-refractivity contribution in [2.45, 2.75) is 44.2 Å². The molecule has 0 amide bonds. The molecule has 0 aliphatic heterocycles. The lowest BCUT2D eigenvalue weighted by Gasteiger charge is -2.07. The molecule has 1 aromatic rings. The maximum atomic E-state index is 8.78. The highest BCUT2D eigenvalue weighted by Crippen LogP contribution is 2.19. The van der Waals surface area contributed by atoms with Crippen LogP contribution >= 0.6 is 11.8 Å². The summed E-state index contributed by atoms with van der Waals surface area (Å²) in [7, 11) is 0. The Bertz CT molecular complexity index is 286. The Labute approximate surface area is 95.9 Å². The van der Waals surface area contributed by atoms with Gasteiger partial charge in [0.1, 0.15) is 0 Å². The van der Waals surface area contributed by atoms with Crippen molar-refractivity contribution in [3.63, 3.8) is 0 Å². The molecule has 0 saturated heterocycles. The van der Waals surface area contributed by atoms with Crippen molar-refractivity contribution in [1.29, 1.82) is 0 Å². The van der Waals surface area contributed by atoms with Crippen molar-refractivity contribution < 1.29 is 5.11 Å². The lowest BCUT2D eigenvalue weighted by molar-refractivity contribution is 0.289. The molecular formula is C11H20N2OS. The Morgan fingerprint density at radius 2 is 2.20 bits per heavy atom. The van der Waals surface area contributed by atoms with Crippen LogP contribution in [0.25, 0.3) is 0 Å². The van der Waals surface area contributed by atoms with E-state index in [1.165, 1.54) is 0 Å². The summed E-state index contributed by atoms with van der Waals surface area (Å²) in [5.41, 5.74) is 1.12. The van der Waals surface area contributed by atoms with Gasteiger partial charge in [0, 0.05) is 29.8 Å². The molecule has 4 heteroatoms. The van der Waals surface area contributed by atoms with Crippen LogP contribution in [0.2, 0.25) is 0 Å². The molecule has 1 aromatic heterocycles. The SMILES string of the molecule is CC(CCO)SCc1ccn(C(C)C)n1. The molecule has 1 N–H and O–H groups in total.